The Bertz CT molecular complexity index is 662. The van der Waals surface area contributed by atoms with Crippen molar-refractivity contribution in [2.24, 2.45) is 7.05 Å². The number of anilines is 1. The van der Waals surface area contributed by atoms with Crippen LogP contribution in [0.2, 0.25) is 0 Å². The van der Waals surface area contributed by atoms with Crippen molar-refractivity contribution in [1.29, 1.82) is 0 Å². The van der Waals surface area contributed by atoms with E-state index in [4.69, 9.17) is 5.11 Å². The number of aliphatic carboxylic acids is 1. The van der Waals surface area contributed by atoms with Gasteiger partial charge in [-0.15, -0.1) is 0 Å². The molecule has 5 nitrogen and oxygen atoms in total. The third kappa shape index (κ3) is 4.19. The highest BCUT2D eigenvalue weighted by Crippen LogP contribution is 2.16. The number of halogens is 1. The Morgan fingerprint density at radius 2 is 1.95 bits per heavy atom. The lowest BCUT2D eigenvalue weighted by Crippen LogP contribution is -2.15. The van der Waals surface area contributed by atoms with Crippen molar-refractivity contribution in [3.05, 3.63) is 52.3 Å². The maximum Gasteiger partial charge on any atom is 0.303 e. The molecule has 0 atom stereocenters. The first-order valence-corrected chi connectivity index (χ1v) is 7.19. The van der Waals surface area contributed by atoms with Gasteiger partial charge in [0.1, 0.15) is 5.69 Å². The topological polar surface area (TPSA) is 71.3 Å². The minimum atomic E-state index is -0.818. The molecule has 0 saturated heterocycles. The molecule has 1 aromatic carbocycles. The molecular formula is C15H15BrN2O3. The zero-order chi connectivity index (χ0) is 15.4. The van der Waals surface area contributed by atoms with Crippen LogP contribution in [0.25, 0.3) is 0 Å². The molecule has 0 unspecified atom stereocenters. The molecule has 110 valence electrons. The fourth-order valence-electron chi connectivity index (χ4n) is 1.95. The van der Waals surface area contributed by atoms with Gasteiger partial charge in [-0.05, 0) is 46.1 Å². The lowest BCUT2D eigenvalue weighted by molar-refractivity contribution is -0.136. The maximum absolute atomic E-state index is 12.1. The summed E-state index contributed by atoms with van der Waals surface area (Å²) in [5, 5.41) is 11.4. The SMILES string of the molecule is Cn1cc(Br)cc1C(=O)Nc1ccc(CCC(=O)O)cc1. The van der Waals surface area contributed by atoms with Crippen molar-refractivity contribution < 1.29 is 14.7 Å². The van der Waals surface area contributed by atoms with E-state index in [0.29, 0.717) is 17.8 Å². The molecule has 2 N–H and O–H groups in total. The van der Waals surface area contributed by atoms with Crippen LogP contribution in [0.5, 0.6) is 0 Å². The third-order valence-electron chi connectivity index (χ3n) is 3.04. The van der Waals surface area contributed by atoms with Crippen molar-refractivity contribution in [1.82, 2.24) is 4.57 Å². The van der Waals surface area contributed by atoms with E-state index < -0.39 is 5.97 Å². The number of carbonyl (C=O) groups is 2. The largest absolute Gasteiger partial charge is 0.481 e. The average molecular weight is 351 g/mol. The highest BCUT2D eigenvalue weighted by molar-refractivity contribution is 9.10. The Morgan fingerprint density at radius 3 is 2.48 bits per heavy atom. The van der Waals surface area contributed by atoms with Gasteiger partial charge in [0.05, 0.1) is 0 Å². The molecule has 0 aliphatic rings. The summed E-state index contributed by atoms with van der Waals surface area (Å²) in [4.78, 5) is 22.6. The molecule has 1 amide bonds. The van der Waals surface area contributed by atoms with Gasteiger partial charge < -0.3 is 15.0 Å². The Kier molecular flexibility index (Phi) is 4.80. The average Bonchev–Trinajstić information content (AvgIpc) is 2.77. The van der Waals surface area contributed by atoms with E-state index in [9.17, 15) is 9.59 Å². The van der Waals surface area contributed by atoms with Gasteiger partial charge in [-0.2, -0.15) is 0 Å². The zero-order valence-electron chi connectivity index (χ0n) is 11.5. The van der Waals surface area contributed by atoms with E-state index in [1.54, 1.807) is 29.8 Å². The first kappa shape index (κ1) is 15.3. The Labute approximate surface area is 130 Å². The number of carboxylic acid groups (broad SMARTS) is 1. The molecule has 6 heteroatoms. The fourth-order valence-corrected chi connectivity index (χ4v) is 2.48. The molecule has 21 heavy (non-hydrogen) atoms. The van der Waals surface area contributed by atoms with Crippen LogP contribution in [-0.2, 0) is 18.3 Å². The minimum absolute atomic E-state index is 0.100. The Hall–Kier alpha value is -2.08. The highest BCUT2D eigenvalue weighted by Gasteiger charge is 2.11. The second-order valence-electron chi connectivity index (χ2n) is 4.70. The number of nitrogens with one attached hydrogen (secondary N) is 1. The first-order valence-electron chi connectivity index (χ1n) is 6.39. The highest BCUT2D eigenvalue weighted by atomic mass is 79.9. The monoisotopic (exact) mass is 350 g/mol. The molecular weight excluding hydrogens is 336 g/mol. The molecule has 1 aromatic heterocycles. The van der Waals surface area contributed by atoms with Crippen LogP contribution >= 0.6 is 15.9 Å². The van der Waals surface area contributed by atoms with Crippen molar-refractivity contribution in [3.63, 3.8) is 0 Å². The summed E-state index contributed by atoms with van der Waals surface area (Å²) in [6, 6.07) is 8.93. The van der Waals surface area contributed by atoms with Gasteiger partial charge in [-0.1, -0.05) is 12.1 Å². The van der Waals surface area contributed by atoms with Gasteiger partial charge >= 0.3 is 5.97 Å². The smallest absolute Gasteiger partial charge is 0.303 e. The van der Waals surface area contributed by atoms with E-state index in [1.807, 2.05) is 18.3 Å². The molecule has 1 heterocycles. The predicted octanol–water partition coefficient (Wildman–Crippen LogP) is 3.06. The number of aromatic nitrogens is 1. The minimum Gasteiger partial charge on any atom is -0.481 e. The Morgan fingerprint density at radius 1 is 1.29 bits per heavy atom. The molecule has 0 radical (unpaired) electrons. The van der Waals surface area contributed by atoms with Gasteiger partial charge in [0, 0.05) is 29.8 Å². The third-order valence-corrected chi connectivity index (χ3v) is 3.48. The molecule has 2 aromatic rings. The maximum atomic E-state index is 12.1. The van der Waals surface area contributed by atoms with Crippen LogP contribution in [0.1, 0.15) is 22.5 Å². The second kappa shape index (κ2) is 6.58. The number of hydrogen-bond acceptors (Lipinski definition) is 2. The number of carboxylic acids is 1. The van der Waals surface area contributed by atoms with Gasteiger partial charge in [0.2, 0.25) is 0 Å². The predicted molar refractivity (Wildman–Crippen MR) is 83.5 cm³/mol. The Balaban J connectivity index is 2.01. The number of aryl methyl sites for hydroxylation is 2. The molecule has 0 fully saturated rings. The van der Waals surface area contributed by atoms with Crippen LogP contribution < -0.4 is 5.32 Å². The summed E-state index contributed by atoms with van der Waals surface area (Å²) >= 11 is 3.33. The van der Waals surface area contributed by atoms with Crippen LogP contribution in [0.3, 0.4) is 0 Å². The van der Waals surface area contributed by atoms with Crippen LogP contribution in [0.4, 0.5) is 5.69 Å². The standard InChI is InChI=1S/C15H15BrN2O3/c1-18-9-11(16)8-13(18)15(21)17-12-5-2-10(3-6-12)4-7-14(19)20/h2-3,5-6,8-9H,4,7H2,1H3,(H,17,21)(H,19,20). The summed E-state index contributed by atoms with van der Waals surface area (Å²) in [5.74, 6) is -1.01. The van der Waals surface area contributed by atoms with Crippen LogP contribution in [0, 0.1) is 0 Å². The number of rotatable bonds is 5. The first-order chi connectivity index (χ1) is 9.95. The lowest BCUT2D eigenvalue weighted by atomic mass is 10.1. The molecule has 0 spiro atoms. The van der Waals surface area contributed by atoms with Crippen LogP contribution in [0.15, 0.2) is 41.0 Å². The van der Waals surface area contributed by atoms with Crippen molar-refractivity contribution in [2.75, 3.05) is 5.32 Å². The summed E-state index contributed by atoms with van der Waals surface area (Å²) in [7, 11) is 1.80. The van der Waals surface area contributed by atoms with Crippen molar-refractivity contribution >= 4 is 33.5 Å². The lowest BCUT2D eigenvalue weighted by Gasteiger charge is -2.07. The molecule has 0 saturated carbocycles. The molecule has 0 bridgehead atoms. The van der Waals surface area contributed by atoms with Crippen LogP contribution in [-0.4, -0.2) is 21.6 Å². The molecule has 0 aliphatic heterocycles. The summed E-state index contributed by atoms with van der Waals surface area (Å²) in [6.45, 7) is 0. The summed E-state index contributed by atoms with van der Waals surface area (Å²) in [5.41, 5.74) is 2.16. The van der Waals surface area contributed by atoms with Gasteiger partial charge in [-0.3, -0.25) is 9.59 Å². The van der Waals surface area contributed by atoms with Gasteiger partial charge in [-0.25, -0.2) is 0 Å². The number of nitrogens with zero attached hydrogens (tertiary/aromatic N) is 1. The molecule has 0 aliphatic carbocycles. The van der Waals surface area contributed by atoms with E-state index in [-0.39, 0.29) is 12.3 Å². The number of amides is 1. The van der Waals surface area contributed by atoms with E-state index in [1.165, 1.54) is 0 Å². The van der Waals surface area contributed by atoms with Crippen molar-refractivity contribution in [3.8, 4) is 0 Å². The zero-order valence-corrected chi connectivity index (χ0v) is 13.1. The molecule has 2 rings (SSSR count). The van der Waals surface area contributed by atoms with Gasteiger partial charge in [0.15, 0.2) is 0 Å². The van der Waals surface area contributed by atoms with Gasteiger partial charge in [0.25, 0.3) is 5.91 Å². The number of carbonyl (C=O) groups excluding carboxylic acids is 1. The van der Waals surface area contributed by atoms with Crippen molar-refractivity contribution in [2.45, 2.75) is 12.8 Å². The number of hydrogen-bond donors (Lipinski definition) is 2. The number of benzene rings is 1. The fraction of sp³-hybridized carbons (Fsp3) is 0.200. The normalized spacial score (nSPS) is 10.4. The van der Waals surface area contributed by atoms with E-state index >= 15 is 0 Å². The quantitative estimate of drug-likeness (QED) is 0.870. The summed E-state index contributed by atoms with van der Waals surface area (Å²) < 4.78 is 2.58. The van der Waals surface area contributed by atoms with E-state index in [0.717, 1.165) is 10.0 Å². The van der Waals surface area contributed by atoms with E-state index in [2.05, 4.69) is 21.2 Å². The second-order valence-corrected chi connectivity index (χ2v) is 5.61. The summed E-state index contributed by atoms with van der Waals surface area (Å²) in [6.07, 6.45) is 2.39.